The second-order valence-electron chi connectivity index (χ2n) is 5.84. The Balaban J connectivity index is 0.00000288. The van der Waals surface area contributed by atoms with Crippen molar-refractivity contribution in [3.05, 3.63) is 42.4 Å². The molecule has 0 amide bonds. The summed E-state index contributed by atoms with van der Waals surface area (Å²) in [6.07, 6.45) is 6.38. The van der Waals surface area contributed by atoms with Crippen LogP contribution in [0.1, 0.15) is 32.4 Å². The Labute approximate surface area is 161 Å². The first-order valence-corrected chi connectivity index (χ1v) is 8.23. The quantitative estimate of drug-likeness (QED) is 0.373. The fourth-order valence-electron chi connectivity index (χ4n) is 2.30. The fraction of sp³-hybridized carbons (Fsp3) is 0.529. The van der Waals surface area contributed by atoms with Crippen molar-refractivity contribution in [2.45, 2.75) is 40.3 Å². The van der Waals surface area contributed by atoms with Crippen molar-refractivity contribution < 1.29 is 4.42 Å². The highest BCUT2D eigenvalue weighted by atomic mass is 127. The van der Waals surface area contributed by atoms with Gasteiger partial charge in [-0.25, -0.2) is 9.98 Å². The Hall–Kier alpha value is -1.51. The van der Waals surface area contributed by atoms with Gasteiger partial charge < -0.3 is 19.6 Å². The molecule has 134 valence electrons. The summed E-state index contributed by atoms with van der Waals surface area (Å²) in [7, 11) is 0. The van der Waals surface area contributed by atoms with Gasteiger partial charge in [-0.3, -0.25) is 0 Å². The lowest BCUT2D eigenvalue weighted by Gasteiger charge is -2.12. The number of guanidine groups is 1. The molecule has 0 bridgehead atoms. The van der Waals surface area contributed by atoms with Crippen LogP contribution in [0.3, 0.4) is 0 Å². The van der Waals surface area contributed by atoms with Gasteiger partial charge in [-0.1, -0.05) is 13.8 Å². The lowest BCUT2D eigenvalue weighted by atomic mass is 10.2. The van der Waals surface area contributed by atoms with Crippen LogP contribution in [0.5, 0.6) is 0 Å². The van der Waals surface area contributed by atoms with E-state index in [-0.39, 0.29) is 24.0 Å². The van der Waals surface area contributed by atoms with E-state index in [4.69, 9.17) is 4.42 Å². The lowest BCUT2D eigenvalue weighted by Crippen LogP contribution is -2.38. The molecule has 2 aromatic heterocycles. The molecular weight excluding hydrogens is 417 g/mol. The van der Waals surface area contributed by atoms with E-state index in [2.05, 4.69) is 45.9 Å². The molecule has 7 heteroatoms. The zero-order valence-corrected chi connectivity index (χ0v) is 17.0. The molecule has 0 spiro atoms. The number of hydrogen-bond acceptors (Lipinski definition) is 3. The van der Waals surface area contributed by atoms with Crippen LogP contribution in [0, 0.1) is 5.92 Å². The smallest absolute Gasteiger partial charge is 0.191 e. The summed E-state index contributed by atoms with van der Waals surface area (Å²) in [6, 6.07) is 3.89. The van der Waals surface area contributed by atoms with Gasteiger partial charge in [0.15, 0.2) is 5.96 Å². The van der Waals surface area contributed by atoms with Gasteiger partial charge >= 0.3 is 0 Å². The first-order valence-electron chi connectivity index (χ1n) is 8.23. The third-order valence-electron chi connectivity index (χ3n) is 3.33. The van der Waals surface area contributed by atoms with Gasteiger partial charge in [0.25, 0.3) is 0 Å². The molecular formula is C17H28IN5O. The molecule has 0 aliphatic rings. The highest BCUT2D eigenvalue weighted by Crippen LogP contribution is 2.05. The van der Waals surface area contributed by atoms with Gasteiger partial charge in [-0.2, -0.15) is 0 Å². The van der Waals surface area contributed by atoms with Crippen LogP contribution in [-0.2, 0) is 19.5 Å². The molecule has 0 unspecified atom stereocenters. The van der Waals surface area contributed by atoms with Crippen molar-refractivity contribution in [2.75, 3.05) is 13.1 Å². The van der Waals surface area contributed by atoms with Gasteiger partial charge in [-0.15, -0.1) is 24.0 Å². The summed E-state index contributed by atoms with van der Waals surface area (Å²) in [5, 5.41) is 6.58. The summed E-state index contributed by atoms with van der Waals surface area (Å²) in [5.74, 6) is 3.35. The van der Waals surface area contributed by atoms with Gasteiger partial charge in [0.2, 0.25) is 0 Å². The number of rotatable bonds is 8. The molecule has 2 N–H and O–H groups in total. The van der Waals surface area contributed by atoms with Crippen molar-refractivity contribution in [1.82, 2.24) is 20.2 Å². The molecule has 0 fully saturated rings. The Bertz CT molecular complexity index is 592. The van der Waals surface area contributed by atoms with Crippen LogP contribution in [-0.4, -0.2) is 28.6 Å². The molecule has 0 atom stereocenters. The monoisotopic (exact) mass is 445 g/mol. The SMILES string of the molecule is CCNC(=NCc1nccn1CC(C)C)NCCc1ccco1.I. The molecule has 6 nitrogen and oxygen atoms in total. The molecule has 0 aliphatic heterocycles. The van der Waals surface area contributed by atoms with Crippen molar-refractivity contribution in [2.24, 2.45) is 10.9 Å². The number of hydrogen-bond donors (Lipinski definition) is 2. The number of furan rings is 1. The van der Waals surface area contributed by atoms with E-state index in [1.54, 1.807) is 6.26 Å². The van der Waals surface area contributed by atoms with Crippen LogP contribution >= 0.6 is 24.0 Å². The average molecular weight is 445 g/mol. The highest BCUT2D eigenvalue weighted by Gasteiger charge is 2.05. The predicted octanol–water partition coefficient (Wildman–Crippen LogP) is 3.05. The number of aliphatic imine (C=N–C) groups is 1. The van der Waals surface area contributed by atoms with E-state index >= 15 is 0 Å². The van der Waals surface area contributed by atoms with E-state index in [1.165, 1.54) is 0 Å². The average Bonchev–Trinajstić information content (AvgIpc) is 3.16. The minimum Gasteiger partial charge on any atom is -0.469 e. The second-order valence-corrected chi connectivity index (χ2v) is 5.84. The van der Waals surface area contributed by atoms with E-state index < -0.39 is 0 Å². The largest absolute Gasteiger partial charge is 0.469 e. The maximum Gasteiger partial charge on any atom is 0.191 e. The van der Waals surface area contributed by atoms with Crippen molar-refractivity contribution in [3.63, 3.8) is 0 Å². The number of imidazole rings is 1. The minimum absolute atomic E-state index is 0. The van der Waals surface area contributed by atoms with Crippen LogP contribution in [0.15, 0.2) is 40.2 Å². The summed E-state index contributed by atoms with van der Waals surface area (Å²) in [4.78, 5) is 9.03. The highest BCUT2D eigenvalue weighted by molar-refractivity contribution is 14.0. The zero-order chi connectivity index (χ0) is 16.5. The summed E-state index contributed by atoms with van der Waals surface area (Å²) >= 11 is 0. The summed E-state index contributed by atoms with van der Waals surface area (Å²) < 4.78 is 7.50. The molecule has 0 radical (unpaired) electrons. The number of halogens is 1. The molecule has 0 aliphatic carbocycles. The van der Waals surface area contributed by atoms with Crippen molar-refractivity contribution in [3.8, 4) is 0 Å². The predicted molar refractivity (Wildman–Crippen MR) is 108 cm³/mol. The number of aromatic nitrogens is 2. The lowest BCUT2D eigenvalue weighted by molar-refractivity contribution is 0.505. The van der Waals surface area contributed by atoms with E-state index in [9.17, 15) is 0 Å². The molecule has 0 saturated heterocycles. The summed E-state index contributed by atoms with van der Waals surface area (Å²) in [5.41, 5.74) is 0. The minimum atomic E-state index is 0. The molecule has 0 saturated carbocycles. The third-order valence-corrected chi connectivity index (χ3v) is 3.33. The van der Waals surface area contributed by atoms with Crippen molar-refractivity contribution in [1.29, 1.82) is 0 Å². The Morgan fingerprint density at radius 3 is 2.88 bits per heavy atom. The van der Waals surface area contributed by atoms with Crippen LogP contribution in [0.4, 0.5) is 0 Å². The molecule has 0 aromatic carbocycles. The molecule has 24 heavy (non-hydrogen) atoms. The van der Waals surface area contributed by atoms with Gasteiger partial charge in [0.05, 0.1) is 6.26 Å². The molecule has 2 aromatic rings. The Morgan fingerprint density at radius 2 is 2.21 bits per heavy atom. The zero-order valence-electron chi connectivity index (χ0n) is 14.7. The third kappa shape index (κ3) is 6.94. The normalized spacial score (nSPS) is 11.4. The maximum atomic E-state index is 5.33. The van der Waals surface area contributed by atoms with Crippen LogP contribution in [0.25, 0.3) is 0 Å². The second kappa shape index (κ2) is 11.1. The first kappa shape index (κ1) is 20.5. The number of nitrogens with one attached hydrogen (secondary N) is 2. The van der Waals surface area contributed by atoms with Crippen molar-refractivity contribution >= 4 is 29.9 Å². The van der Waals surface area contributed by atoms with E-state index in [0.29, 0.717) is 12.5 Å². The van der Waals surface area contributed by atoms with Gasteiger partial charge in [0, 0.05) is 38.4 Å². The fourth-order valence-corrected chi connectivity index (χ4v) is 2.30. The topological polar surface area (TPSA) is 67.4 Å². The first-order chi connectivity index (χ1) is 11.2. The van der Waals surface area contributed by atoms with E-state index in [0.717, 1.165) is 43.6 Å². The van der Waals surface area contributed by atoms with E-state index in [1.807, 2.05) is 24.5 Å². The van der Waals surface area contributed by atoms with Crippen LogP contribution < -0.4 is 10.6 Å². The maximum absolute atomic E-state index is 5.33. The van der Waals surface area contributed by atoms with Crippen LogP contribution in [0.2, 0.25) is 0 Å². The van der Waals surface area contributed by atoms with Gasteiger partial charge in [0.1, 0.15) is 18.1 Å². The molecule has 2 rings (SSSR count). The summed E-state index contributed by atoms with van der Waals surface area (Å²) in [6.45, 7) is 9.60. The standard InChI is InChI=1S/C17H27N5O.HI/c1-4-18-17(20-8-7-15-6-5-11-23-15)21-12-16-19-9-10-22(16)13-14(2)3;/h5-6,9-11,14H,4,7-8,12-13H2,1-3H3,(H2,18,20,21);1H. The molecule has 2 heterocycles. The Kier molecular flexibility index (Phi) is 9.51. The van der Waals surface area contributed by atoms with Gasteiger partial charge in [-0.05, 0) is 25.0 Å². The number of nitrogens with zero attached hydrogens (tertiary/aromatic N) is 3. The Morgan fingerprint density at radius 1 is 1.38 bits per heavy atom.